The zero-order valence-corrected chi connectivity index (χ0v) is 39.4. The van der Waals surface area contributed by atoms with Crippen molar-refractivity contribution in [3.05, 3.63) is 93.5 Å². The van der Waals surface area contributed by atoms with Gasteiger partial charge in [0.2, 0.25) is 0 Å². The molecule has 0 saturated carbocycles. The molecule has 0 bridgehead atoms. The van der Waals surface area contributed by atoms with Crippen LogP contribution in [-0.2, 0) is 51.3 Å². The maximum Gasteiger partial charge on any atom is 0.344 e. The van der Waals surface area contributed by atoms with Crippen LogP contribution in [0.3, 0.4) is 0 Å². The van der Waals surface area contributed by atoms with Gasteiger partial charge in [-0.25, -0.2) is 4.79 Å². The molecular formula is C48H61BrN2O12. The monoisotopic (exact) mass is 936 g/mol. The van der Waals surface area contributed by atoms with E-state index in [1.165, 1.54) is 33.4 Å². The minimum absolute atomic E-state index is 0.141. The lowest BCUT2D eigenvalue weighted by molar-refractivity contribution is -0.145. The molecule has 63 heavy (non-hydrogen) atoms. The Hall–Kier alpha value is -5.38. The average molecular weight is 938 g/mol. The van der Waals surface area contributed by atoms with Crippen LogP contribution in [-0.4, -0.2) is 115 Å². The Morgan fingerprint density at radius 1 is 0.683 bits per heavy atom. The second-order valence-corrected chi connectivity index (χ2v) is 15.5. The molecule has 2 atom stereocenters. The Labute approximate surface area is 379 Å². The topological polar surface area (TPSA) is 144 Å². The molecule has 0 aromatic heterocycles. The molecule has 0 saturated heterocycles. The number of halogens is 1. The highest BCUT2D eigenvalue weighted by molar-refractivity contribution is 9.09. The van der Waals surface area contributed by atoms with Crippen LogP contribution in [0.25, 0.3) is 0 Å². The molecule has 3 heterocycles. The van der Waals surface area contributed by atoms with Gasteiger partial charge in [-0.15, -0.1) is 0 Å². The number of aromatic hydroxyl groups is 1. The summed E-state index contributed by atoms with van der Waals surface area (Å²) in [6.07, 6.45) is 3.55. The van der Waals surface area contributed by atoms with E-state index in [0.29, 0.717) is 47.6 Å². The Bertz CT molecular complexity index is 2180. The molecule has 0 unspecified atom stereocenters. The lowest BCUT2D eigenvalue weighted by Crippen LogP contribution is -2.39. The quantitative estimate of drug-likeness (QED) is 0.0988. The smallest absolute Gasteiger partial charge is 0.344 e. The number of alkyl halides is 1. The third-order valence-corrected chi connectivity index (χ3v) is 11.9. The van der Waals surface area contributed by atoms with Gasteiger partial charge in [0.25, 0.3) is 0 Å². The number of hydrogen-bond acceptors (Lipinski definition) is 14. The Balaban J connectivity index is 0.000000209. The predicted octanol–water partition coefficient (Wildman–Crippen LogP) is 7.44. The molecule has 342 valence electrons. The molecule has 0 radical (unpaired) electrons. The van der Waals surface area contributed by atoms with Crippen LogP contribution >= 0.6 is 15.9 Å². The maximum absolute atomic E-state index is 11.7. The van der Waals surface area contributed by atoms with Crippen molar-refractivity contribution < 1.29 is 57.3 Å². The Kier molecular flexibility index (Phi) is 18.0. The Morgan fingerprint density at radius 2 is 1.30 bits per heavy atom. The lowest BCUT2D eigenvalue weighted by atomic mass is 9.83. The summed E-state index contributed by atoms with van der Waals surface area (Å²) in [5.74, 6) is 4.38. The average Bonchev–Trinajstić information content (AvgIpc) is 3.30. The molecule has 1 N–H and O–H groups in total. The molecule has 4 aromatic rings. The SMILES string of the molecule is CCOC(=O)CBr.CCOC(=O)COc1cc2c(cc1OC)[C@@H](Cc1ccc(OC)c(OC)c1)N(C)CC2.COc1cc2c(cc1O)CCN1Cc3c(ccc(OC)c3OC)C[C@H]21. The Morgan fingerprint density at radius 3 is 1.94 bits per heavy atom. The van der Waals surface area contributed by atoms with E-state index in [1.54, 1.807) is 56.5 Å². The zero-order valence-electron chi connectivity index (χ0n) is 37.8. The van der Waals surface area contributed by atoms with Crippen molar-refractivity contribution in [2.24, 2.45) is 0 Å². The van der Waals surface area contributed by atoms with Gasteiger partial charge in [0.05, 0.1) is 55.9 Å². The van der Waals surface area contributed by atoms with Gasteiger partial charge in [0, 0.05) is 37.3 Å². The molecule has 0 spiro atoms. The van der Waals surface area contributed by atoms with Crippen LogP contribution in [0.15, 0.2) is 54.6 Å². The van der Waals surface area contributed by atoms with Crippen LogP contribution in [0.2, 0.25) is 0 Å². The number of ether oxygens (including phenoxy) is 9. The molecule has 14 nitrogen and oxygen atoms in total. The molecular weight excluding hydrogens is 876 g/mol. The summed E-state index contributed by atoms with van der Waals surface area (Å²) in [5.41, 5.74) is 8.52. The molecule has 0 aliphatic carbocycles. The normalized spacial score (nSPS) is 16.1. The van der Waals surface area contributed by atoms with Crippen molar-refractivity contribution in [3.8, 4) is 46.0 Å². The van der Waals surface area contributed by atoms with E-state index < -0.39 is 5.97 Å². The predicted molar refractivity (Wildman–Crippen MR) is 243 cm³/mol. The van der Waals surface area contributed by atoms with Crippen molar-refractivity contribution in [3.63, 3.8) is 0 Å². The summed E-state index contributed by atoms with van der Waals surface area (Å²) in [6, 6.07) is 18.5. The summed E-state index contributed by atoms with van der Waals surface area (Å²) >= 11 is 2.94. The van der Waals surface area contributed by atoms with E-state index in [0.717, 1.165) is 68.1 Å². The van der Waals surface area contributed by atoms with Gasteiger partial charge in [-0.3, -0.25) is 14.6 Å². The van der Waals surface area contributed by atoms with Gasteiger partial charge in [-0.1, -0.05) is 28.1 Å². The fourth-order valence-electron chi connectivity index (χ4n) is 8.31. The summed E-state index contributed by atoms with van der Waals surface area (Å²) in [4.78, 5) is 26.7. The van der Waals surface area contributed by atoms with Gasteiger partial charge in [-0.2, -0.15) is 0 Å². The van der Waals surface area contributed by atoms with Crippen LogP contribution in [0.5, 0.6) is 46.0 Å². The molecule has 7 rings (SSSR count). The summed E-state index contributed by atoms with van der Waals surface area (Å²) in [7, 11) is 12.0. The number of hydrogen-bond donors (Lipinski definition) is 1. The van der Waals surface area contributed by atoms with E-state index in [-0.39, 0.29) is 24.4 Å². The largest absolute Gasteiger partial charge is 0.504 e. The fraction of sp³-hybridized carbons (Fsp3) is 0.458. The molecule has 3 aliphatic rings. The molecule has 0 amide bonds. The maximum atomic E-state index is 11.7. The number of rotatable bonds is 14. The summed E-state index contributed by atoms with van der Waals surface area (Å²) in [5, 5.41) is 10.4. The number of methoxy groups -OCH3 is 6. The number of phenols is 1. The zero-order chi connectivity index (χ0) is 45.6. The van der Waals surface area contributed by atoms with Gasteiger partial charge in [0.1, 0.15) is 5.33 Å². The van der Waals surface area contributed by atoms with Gasteiger partial charge in [-0.05, 0) is 122 Å². The van der Waals surface area contributed by atoms with Crippen LogP contribution < -0.4 is 33.2 Å². The standard InChI is InChI=1S/C24H31NO6.C20H23NO4.C4H7BrO2/c1-6-30-24(26)15-31-23-13-17-9-10-25(2)19(18(17)14-22(23)29-5)11-16-7-8-20(27-3)21(12-16)28-4;1-23-18-5-4-12-8-16-14-10-19(24-2)17(22)9-13(14)6-7-21(16)11-15(12)20(18)25-3;1-2-7-4(6)3-5/h7-8,12-14,19H,6,9-11,15H2,1-5H3;4-5,9-10,16,22H,6-8,11H2,1-3H3;2-3H2,1H3/t19-;16-;/m11./s1. The van der Waals surface area contributed by atoms with Gasteiger partial charge < -0.3 is 47.7 Å². The second kappa shape index (κ2) is 23.3. The van der Waals surface area contributed by atoms with E-state index >= 15 is 0 Å². The number of nitrogens with zero attached hydrogens (tertiary/aromatic N) is 2. The first kappa shape index (κ1) is 48.6. The van der Waals surface area contributed by atoms with E-state index in [9.17, 15) is 14.7 Å². The number of carbonyl (C=O) groups excluding carboxylic acids is 2. The first-order valence-corrected chi connectivity index (χ1v) is 22.1. The first-order chi connectivity index (χ1) is 30.5. The van der Waals surface area contributed by atoms with E-state index in [2.05, 4.69) is 49.6 Å². The fourth-order valence-corrected chi connectivity index (χ4v) is 8.47. The third kappa shape index (κ3) is 11.8. The third-order valence-electron chi connectivity index (χ3n) is 11.4. The molecule has 4 aromatic carbocycles. The van der Waals surface area contributed by atoms with Crippen LogP contribution in [0.1, 0.15) is 64.9 Å². The van der Waals surface area contributed by atoms with E-state index in [4.69, 9.17) is 37.9 Å². The number of carbonyl (C=O) groups is 2. The number of esters is 2. The number of phenolic OH excluding ortho intramolecular Hbond substituents is 1. The van der Waals surface area contributed by atoms with E-state index in [1.807, 2.05) is 42.5 Å². The summed E-state index contributed by atoms with van der Waals surface area (Å²) < 4.78 is 48.0. The van der Waals surface area contributed by atoms with Gasteiger partial charge in [0.15, 0.2) is 52.6 Å². The molecule has 0 fully saturated rings. The van der Waals surface area contributed by atoms with Crippen molar-refractivity contribution in [2.75, 3.05) is 87.9 Å². The number of likely N-dealkylation sites (N-methyl/N-ethyl adjacent to an activating group) is 1. The highest BCUT2D eigenvalue weighted by atomic mass is 79.9. The minimum Gasteiger partial charge on any atom is -0.504 e. The van der Waals surface area contributed by atoms with Gasteiger partial charge >= 0.3 is 11.9 Å². The van der Waals surface area contributed by atoms with Crippen LogP contribution in [0, 0.1) is 0 Å². The number of benzene rings is 4. The molecule has 15 heteroatoms. The highest BCUT2D eigenvalue weighted by Gasteiger charge is 2.35. The van der Waals surface area contributed by atoms with Crippen molar-refractivity contribution in [1.82, 2.24) is 9.80 Å². The van der Waals surface area contributed by atoms with Crippen molar-refractivity contribution in [2.45, 2.75) is 58.2 Å². The van der Waals surface area contributed by atoms with Crippen molar-refractivity contribution >= 4 is 27.9 Å². The summed E-state index contributed by atoms with van der Waals surface area (Å²) in [6.45, 7) is 6.92. The first-order valence-electron chi connectivity index (χ1n) is 21.0. The minimum atomic E-state index is -0.395. The second-order valence-electron chi connectivity index (χ2n) is 15.0. The molecule has 3 aliphatic heterocycles. The number of fused-ring (bicyclic) bond motifs is 5. The lowest BCUT2D eigenvalue weighted by Gasteiger charge is -2.42. The van der Waals surface area contributed by atoms with Crippen molar-refractivity contribution in [1.29, 1.82) is 0 Å². The van der Waals surface area contributed by atoms with Crippen LogP contribution in [0.4, 0.5) is 0 Å². The highest BCUT2D eigenvalue weighted by Crippen LogP contribution is 2.46.